The molecule has 4 rings (SSSR count). The molecular weight excluding hydrogens is 396 g/mol. The van der Waals surface area contributed by atoms with Crippen LogP contribution >= 0.6 is 11.6 Å². The second kappa shape index (κ2) is 7.87. The van der Waals surface area contributed by atoms with Gasteiger partial charge < -0.3 is 4.90 Å². The predicted octanol–water partition coefficient (Wildman–Crippen LogP) is 3.41. The Balaban J connectivity index is 1.50. The summed E-state index contributed by atoms with van der Waals surface area (Å²) in [5.41, 5.74) is 1.63. The number of aromatic nitrogens is 2. The van der Waals surface area contributed by atoms with Crippen molar-refractivity contribution >= 4 is 44.4 Å². The van der Waals surface area contributed by atoms with Gasteiger partial charge >= 0.3 is 0 Å². The molecule has 144 valence electrons. The van der Waals surface area contributed by atoms with Gasteiger partial charge in [-0.15, -0.1) is 0 Å². The van der Waals surface area contributed by atoms with Crippen LogP contribution < -0.4 is 4.90 Å². The van der Waals surface area contributed by atoms with Crippen LogP contribution in [0.5, 0.6) is 0 Å². The van der Waals surface area contributed by atoms with Gasteiger partial charge in [0.2, 0.25) is 15.3 Å². The van der Waals surface area contributed by atoms with Crippen LogP contribution in [-0.2, 0) is 10.0 Å². The Hall–Kier alpha value is -2.48. The molecule has 28 heavy (non-hydrogen) atoms. The molecule has 0 radical (unpaired) electrons. The number of halogens is 1. The number of para-hydroxylation sites is 1. The normalized spacial score (nSPS) is 16.1. The molecule has 1 aliphatic heterocycles. The van der Waals surface area contributed by atoms with E-state index >= 15 is 0 Å². The van der Waals surface area contributed by atoms with Gasteiger partial charge in [0, 0.05) is 37.0 Å². The topological polar surface area (TPSA) is 66.4 Å². The third kappa shape index (κ3) is 4.01. The van der Waals surface area contributed by atoms with Crippen molar-refractivity contribution in [3.8, 4) is 0 Å². The zero-order valence-electron chi connectivity index (χ0n) is 15.1. The molecular formula is C20H19ClN4O2S. The average molecular weight is 415 g/mol. The van der Waals surface area contributed by atoms with E-state index in [0.29, 0.717) is 26.2 Å². The molecule has 1 fully saturated rings. The van der Waals surface area contributed by atoms with Gasteiger partial charge in [-0.2, -0.15) is 9.29 Å². The average Bonchev–Trinajstić information content (AvgIpc) is 2.72. The summed E-state index contributed by atoms with van der Waals surface area (Å²) in [6, 6.07) is 17.1. The molecule has 1 saturated heterocycles. The number of sulfonamides is 1. The van der Waals surface area contributed by atoms with E-state index in [1.165, 1.54) is 9.71 Å². The van der Waals surface area contributed by atoms with Crippen LogP contribution in [0.4, 0.5) is 5.82 Å². The number of hydrogen-bond donors (Lipinski definition) is 0. The van der Waals surface area contributed by atoms with Crippen molar-refractivity contribution in [2.24, 2.45) is 0 Å². The Labute approximate surface area is 169 Å². The maximum Gasteiger partial charge on any atom is 0.236 e. The molecule has 0 spiro atoms. The molecule has 0 unspecified atom stereocenters. The minimum Gasteiger partial charge on any atom is -0.353 e. The van der Waals surface area contributed by atoms with E-state index in [2.05, 4.69) is 14.9 Å². The lowest BCUT2D eigenvalue weighted by atomic mass is 10.2. The van der Waals surface area contributed by atoms with Crippen LogP contribution in [0.25, 0.3) is 17.0 Å². The minimum atomic E-state index is -3.47. The van der Waals surface area contributed by atoms with Crippen LogP contribution in [0.15, 0.2) is 60.0 Å². The minimum absolute atomic E-state index is 0.189. The summed E-state index contributed by atoms with van der Waals surface area (Å²) in [5, 5.41) is 2.37. The second-order valence-corrected chi connectivity index (χ2v) is 8.63. The summed E-state index contributed by atoms with van der Waals surface area (Å²) < 4.78 is 26.8. The lowest BCUT2D eigenvalue weighted by Crippen LogP contribution is -2.48. The number of hydrogen-bond acceptors (Lipinski definition) is 5. The van der Waals surface area contributed by atoms with Crippen LogP contribution in [-0.4, -0.2) is 48.9 Å². The summed E-state index contributed by atoms with van der Waals surface area (Å²) in [5.74, 6) is 0.743. The van der Waals surface area contributed by atoms with Crippen molar-refractivity contribution in [3.05, 3.63) is 70.9 Å². The Morgan fingerprint density at radius 2 is 1.57 bits per heavy atom. The molecule has 0 amide bonds. The first kappa shape index (κ1) is 18.9. The molecule has 3 aromatic rings. The highest BCUT2D eigenvalue weighted by molar-refractivity contribution is 7.92. The number of benzene rings is 2. The fourth-order valence-electron chi connectivity index (χ4n) is 3.24. The number of piperazine rings is 1. The lowest BCUT2D eigenvalue weighted by molar-refractivity contribution is 0.389. The summed E-state index contributed by atoms with van der Waals surface area (Å²) in [6.45, 7) is 1.85. The molecule has 1 aromatic heterocycles. The van der Waals surface area contributed by atoms with Crippen LogP contribution in [0.3, 0.4) is 0 Å². The van der Waals surface area contributed by atoms with E-state index in [0.717, 1.165) is 22.3 Å². The van der Waals surface area contributed by atoms with Gasteiger partial charge in [-0.1, -0.05) is 42.5 Å². The van der Waals surface area contributed by atoms with Crippen molar-refractivity contribution in [3.63, 3.8) is 0 Å². The third-order valence-corrected chi connectivity index (χ3v) is 6.42. The maximum atomic E-state index is 12.6. The molecule has 6 nitrogen and oxygen atoms in total. The molecule has 1 aliphatic rings. The maximum absolute atomic E-state index is 12.6. The van der Waals surface area contributed by atoms with Crippen LogP contribution in [0, 0.1) is 0 Å². The van der Waals surface area contributed by atoms with Gasteiger partial charge in [-0.25, -0.2) is 13.4 Å². The molecule has 0 N–H and O–H groups in total. The van der Waals surface area contributed by atoms with E-state index in [-0.39, 0.29) is 5.28 Å². The standard InChI is InChI=1S/C20H19ClN4O2S/c21-20-22-18-9-5-4-8-17(18)19(23-20)24-11-13-25(14-12-24)28(26,27)15-10-16-6-2-1-3-7-16/h1-10,15H,11-14H2/b15-10+. The summed E-state index contributed by atoms with van der Waals surface area (Å²) in [7, 11) is -3.47. The van der Waals surface area contributed by atoms with Gasteiger partial charge in [-0.05, 0) is 35.4 Å². The fourth-order valence-corrected chi connectivity index (χ4v) is 4.59. The van der Waals surface area contributed by atoms with E-state index in [9.17, 15) is 8.42 Å². The summed E-state index contributed by atoms with van der Waals surface area (Å²) >= 11 is 6.08. The molecule has 0 saturated carbocycles. The molecule has 2 aromatic carbocycles. The molecule has 0 bridgehead atoms. The quantitative estimate of drug-likeness (QED) is 0.612. The van der Waals surface area contributed by atoms with Crippen LogP contribution in [0.1, 0.15) is 5.56 Å². The highest BCUT2D eigenvalue weighted by Gasteiger charge is 2.26. The Morgan fingerprint density at radius 3 is 2.32 bits per heavy atom. The monoisotopic (exact) mass is 414 g/mol. The number of nitrogens with zero attached hydrogens (tertiary/aromatic N) is 4. The first-order valence-electron chi connectivity index (χ1n) is 8.93. The fraction of sp³-hybridized carbons (Fsp3) is 0.200. The largest absolute Gasteiger partial charge is 0.353 e. The van der Waals surface area contributed by atoms with Crippen molar-refractivity contribution in [2.75, 3.05) is 31.1 Å². The Morgan fingerprint density at radius 1 is 0.893 bits per heavy atom. The smallest absolute Gasteiger partial charge is 0.236 e. The van der Waals surface area contributed by atoms with Crippen molar-refractivity contribution in [2.45, 2.75) is 0 Å². The lowest BCUT2D eigenvalue weighted by Gasteiger charge is -2.34. The first-order chi connectivity index (χ1) is 13.5. The molecule has 0 aliphatic carbocycles. The highest BCUT2D eigenvalue weighted by atomic mass is 35.5. The van der Waals surface area contributed by atoms with Gasteiger partial charge in [-0.3, -0.25) is 0 Å². The third-order valence-electron chi connectivity index (χ3n) is 4.69. The van der Waals surface area contributed by atoms with Crippen molar-refractivity contribution in [1.82, 2.24) is 14.3 Å². The zero-order chi connectivity index (χ0) is 19.6. The predicted molar refractivity (Wildman–Crippen MR) is 113 cm³/mol. The summed E-state index contributed by atoms with van der Waals surface area (Å²) in [4.78, 5) is 10.7. The number of anilines is 1. The number of fused-ring (bicyclic) bond motifs is 1. The van der Waals surface area contributed by atoms with Crippen molar-refractivity contribution in [1.29, 1.82) is 0 Å². The van der Waals surface area contributed by atoms with E-state index < -0.39 is 10.0 Å². The van der Waals surface area contributed by atoms with E-state index in [1.807, 2.05) is 54.6 Å². The highest BCUT2D eigenvalue weighted by Crippen LogP contribution is 2.26. The van der Waals surface area contributed by atoms with Gasteiger partial charge in [0.25, 0.3) is 0 Å². The summed E-state index contributed by atoms with van der Waals surface area (Å²) in [6.07, 6.45) is 1.62. The Kier molecular flexibility index (Phi) is 5.30. The van der Waals surface area contributed by atoms with E-state index in [1.54, 1.807) is 6.08 Å². The SMILES string of the molecule is O=S(=O)(/C=C/c1ccccc1)N1CCN(c2nc(Cl)nc3ccccc23)CC1. The first-order valence-corrected chi connectivity index (χ1v) is 10.8. The molecule has 2 heterocycles. The molecule has 8 heteroatoms. The van der Waals surface area contributed by atoms with Gasteiger partial charge in [0.1, 0.15) is 5.82 Å². The van der Waals surface area contributed by atoms with Gasteiger partial charge in [0.05, 0.1) is 5.52 Å². The Bertz CT molecular complexity index is 1110. The molecule has 0 atom stereocenters. The number of rotatable bonds is 4. The van der Waals surface area contributed by atoms with E-state index in [4.69, 9.17) is 11.6 Å². The van der Waals surface area contributed by atoms with Crippen molar-refractivity contribution < 1.29 is 8.42 Å². The zero-order valence-corrected chi connectivity index (χ0v) is 16.6. The second-order valence-electron chi connectivity index (χ2n) is 6.48. The van der Waals surface area contributed by atoms with Crippen LogP contribution in [0.2, 0.25) is 5.28 Å². The van der Waals surface area contributed by atoms with Gasteiger partial charge in [0.15, 0.2) is 0 Å².